The number of alkyl halides is 4. The van der Waals surface area contributed by atoms with E-state index in [1.54, 1.807) is 47.5 Å². The van der Waals surface area contributed by atoms with Crippen LogP contribution in [0.1, 0.15) is 57.4 Å². The van der Waals surface area contributed by atoms with Crippen molar-refractivity contribution >= 4 is 190 Å². The first-order valence-electron chi connectivity index (χ1n) is 21.4. The highest BCUT2D eigenvalue weighted by Crippen LogP contribution is 2.23. The van der Waals surface area contributed by atoms with Gasteiger partial charge in [0.1, 0.15) is 45.8 Å². The molecule has 0 fully saturated rings. The maximum Gasteiger partial charge on any atom is 0.643 e. The van der Waals surface area contributed by atoms with Gasteiger partial charge in [0.15, 0.2) is 11.6 Å². The number of rotatable bonds is 10. The van der Waals surface area contributed by atoms with Crippen molar-refractivity contribution in [3.63, 3.8) is 0 Å². The molecule has 0 saturated heterocycles. The fraction of sp³-hybridized carbons (Fsp3) is 0.191. The number of ketones is 1. The molecule has 0 radical (unpaired) electrons. The van der Waals surface area contributed by atoms with Gasteiger partial charge in [-0.15, -0.1) is 46.4 Å². The van der Waals surface area contributed by atoms with Crippen LogP contribution < -0.4 is 5.73 Å². The van der Waals surface area contributed by atoms with Crippen molar-refractivity contribution in [2.24, 2.45) is 5.10 Å². The summed E-state index contributed by atoms with van der Waals surface area (Å²) in [6, 6.07) is 29.9. The first-order chi connectivity index (χ1) is 36.4. The lowest BCUT2D eigenvalue weighted by Crippen LogP contribution is -2.25. The number of carboxylic acids is 1. The number of carboxylic acid groups (broad SMARTS) is 1. The van der Waals surface area contributed by atoms with Crippen LogP contribution in [0.4, 0.5) is 14.6 Å². The van der Waals surface area contributed by atoms with Gasteiger partial charge in [-0.2, -0.15) is 38.2 Å². The molecule has 0 atom stereocenters. The van der Waals surface area contributed by atoms with Gasteiger partial charge in [-0.1, -0.05) is 30.3 Å². The number of hydrogen-bond donors (Lipinski definition) is 3. The number of Topliss-reactive ketones (excluding diaryl/α,β-unsaturated/α-hetero) is 1. The van der Waals surface area contributed by atoms with E-state index in [0.29, 0.717) is 30.2 Å². The van der Waals surface area contributed by atoms with Gasteiger partial charge in [0.25, 0.3) is 0 Å². The minimum atomic E-state index is -1.72. The number of fused-ring (bicyclic) bond motifs is 3. The molecule has 29 heteroatoms. The Kier molecular flexibility index (Phi) is 30.0. The zero-order valence-corrected chi connectivity index (χ0v) is 47.8. The van der Waals surface area contributed by atoms with Crippen LogP contribution in [0.3, 0.4) is 0 Å². The molecule has 8 aromatic rings. The Balaban J connectivity index is 0.000000264. The molecule has 9 rings (SSSR count). The number of nitrogens with one attached hydrogen (secondary N) is 1. The summed E-state index contributed by atoms with van der Waals surface area (Å²) in [6.45, 7) is 0.577. The van der Waals surface area contributed by atoms with E-state index in [1.165, 1.54) is 36.0 Å². The van der Waals surface area contributed by atoms with Gasteiger partial charge in [0, 0.05) is 42.0 Å². The van der Waals surface area contributed by atoms with Gasteiger partial charge in [-0.3, -0.25) is 24.3 Å². The van der Waals surface area contributed by atoms with E-state index in [1.807, 2.05) is 36.4 Å². The summed E-state index contributed by atoms with van der Waals surface area (Å²) < 4.78 is 41.7. The van der Waals surface area contributed by atoms with E-state index >= 15 is 0 Å². The van der Waals surface area contributed by atoms with Crippen LogP contribution in [0, 0.1) is 34.3 Å². The normalized spacial score (nSPS) is 10.8. The third kappa shape index (κ3) is 22.7. The molecule has 396 valence electrons. The molecular weight excluding hydrogens is 1210 g/mol. The zero-order valence-electron chi connectivity index (χ0n) is 39.0. The highest BCUT2D eigenvalue weighted by molar-refractivity contribution is 7.54. The number of aliphatic carboxylic acids is 1. The number of nitrogens with zero attached hydrogens (tertiary/aromatic N) is 9. The summed E-state index contributed by atoms with van der Waals surface area (Å²) in [5, 5.41) is 39.0. The number of nitrogens with two attached hydrogens (primary N) is 1. The Hall–Kier alpha value is -5.35. The molecule has 0 aliphatic carbocycles. The molecule has 4 N–H and O–H groups in total. The number of carbonyl (C=O) groups excluding carboxylic acids is 3. The molecule has 3 aromatic heterocycles. The highest BCUT2D eigenvalue weighted by atomic mass is 35.8. The van der Waals surface area contributed by atoms with Gasteiger partial charge in [0.2, 0.25) is 11.1 Å². The van der Waals surface area contributed by atoms with Gasteiger partial charge in [-0.05, 0) is 95.0 Å². The number of amides is 1. The second-order valence-corrected chi connectivity index (χ2v) is 24.0. The Morgan fingerprint density at radius 2 is 1.29 bits per heavy atom. The Morgan fingerprint density at radius 3 is 1.80 bits per heavy atom. The van der Waals surface area contributed by atoms with Crippen molar-refractivity contribution in [2.45, 2.75) is 32.1 Å². The molecule has 1 aliphatic heterocycles. The number of anilines is 1. The number of aromatic nitrogens is 6. The van der Waals surface area contributed by atoms with Crippen molar-refractivity contribution in [3.05, 3.63) is 142 Å². The van der Waals surface area contributed by atoms with Crippen molar-refractivity contribution in [2.75, 3.05) is 29.4 Å². The summed E-state index contributed by atoms with van der Waals surface area (Å²) in [5.74, 6) is -1.11. The number of hydrogen-bond acceptors (Lipinski definition) is 15. The van der Waals surface area contributed by atoms with E-state index in [2.05, 4.69) is 32.8 Å². The van der Waals surface area contributed by atoms with Gasteiger partial charge in [0.05, 0.1) is 70.5 Å². The molecule has 1 aliphatic rings. The van der Waals surface area contributed by atoms with E-state index in [0.717, 1.165) is 73.2 Å². The van der Waals surface area contributed by atoms with E-state index in [4.69, 9.17) is 110 Å². The SMILES string of the molecule is ClCCl.N#Cc1cc(C(=O)CCCl)ccc1F.N#Cc1ccccc1F.Nc1n[nH]c2ccc(C3=NN(C(=O)Cc4ccc5nsnc5c4)CC3)cc12.O=C(Cl)CCCl.O=C(O)Cc1ccc2nsnc2c1.[Cl][Al]([Cl])[Cl]. The molecule has 0 spiro atoms. The van der Waals surface area contributed by atoms with Crippen molar-refractivity contribution in [1.82, 2.24) is 32.7 Å². The quantitative estimate of drug-likeness (QED) is 0.0499. The van der Waals surface area contributed by atoms with Gasteiger partial charge >= 0.3 is 17.4 Å². The number of carbonyl (C=O) groups is 4. The number of H-pyrrole nitrogens is 1. The van der Waals surface area contributed by atoms with Crippen LogP contribution >= 0.6 is 112 Å². The van der Waals surface area contributed by atoms with Crippen LogP contribution in [0.2, 0.25) is 0 Å². The summed E-state index contributed by atoms with van der Waals surface area (Å²) in [4.78, 5) is 44.1. The van der Waals surface area contributed by atoms with Crippen molar-refractivity contribution < 1.29 is 33.1 Å². The Bertz CT molecular complexity index is 3320. The number of benzene rings is 5. The standard InChI is InChI=1S/C18H15N7OS.C10H7ClFNO.C8H6N2O2S.C7H4FN.C3H4Cl2O.CH2Cl2.Al.3ClH/c19-18-12-9-11(2-4-14(12)20-21-18)13-5-6-25(22-13)17(26)8-10-1-3-15-16(7-10)24-27-23-15;11-4-3-10(14)7-1-2-9(12)8(5-7)6-13;11-8(12)4-5-1-2-6-7(3-5)10-13-9-6;8-7-4-2-1-3-6(7)5-9;4-2-1-3(5)6;2-1-3;;;;/h1-4,7,9H,5-6,8H2,(H3,19,20,21);1-2,5H,3-4H2;1-3H,4H2,(H,11,12);1-4H;1-2H2;1H2;;3*1H/q;;;;;;+3;;;/p-3. The van der Waals surface area contributed by atoms with Gasteiger partial charge < -0.3 is 10.8 Å². The van der Waals surface area contributed by atoms with E-state index in [9.17, 15) is 28.0 Å². The lowest BCUT2D eigenvalue weighted by atomic mass is 10.1. The van der Waals surface area contributed by atoms with Crippen LogP contribution in [0.5, 0.6) is 0 Å². The summed E-state index contributed by atoms with van der Waals surface area (Å²) in [7, 11) is 14.8. The molecule has 16 nitrogen and oxygen atoms in total. The summed E-state index contributed by atoms with van der Waals surface area (Å²) in [6.07, 6.45) is 1.50. The fourth-order valence-corrected chi connectivity index (χ4v) is 7.58. The lowest BCUT2D eigenvalue weighted by molar-refractivity contribution is -0.136. The third-order valence-electron chi connectivity index (χ3n) is 9.38. The second-order valence-electron chi connectivity index (χ2n) is 14.5. The van der Waals surface area contributed by atoms with Crippen LogP contribution in [-0.2, 0) is 27.2 Å². The number of nitriles is 2. The smallest absolute Gasteiger partial charge is 0.481 e. The highest BCUT2D eigenvalue weighted by Gasteiger charge is 2.22. The largest absolute Gasteiger partial charge is 0.643 e. The van der Waals surface area contributed by atoms with Crippen LogP contribution in [0.25, 0.3) is 33.0 Å². The minimum Gasteiger partial charge on any atom is -0.481 e. The summed E-state index contributed by atoms with van der Waals surface area (Å²) >= 11 is 25.4. The average Bonchev–Trinajstić information content (AvgIpc) is 4.23. The molecule has 76 heavy (non-hydrogen) atoms. The van der Waals surface area contributed by atoms with E-state index in [-0.39, 0.29) is 65.0 Å². The number of hydrazone groups is 1. The predicted octanol–water partition coefficient (Wildman–Crippen LogP) is 12.3. The number of nitrogen functional groups attached to an aromatic ring is 1. The number of halogens is 10. The van der Waals surface area contributed by atoms with Crippen LogP contribution in [-0.4, -0.2) is 101 Å². The van der Waals surface area contributed by atoms with E-state index < -0.39 is 29.0 Å². The Labute approximate surface area is 483 Å². The predicted molar refractivity (Wildman–Crippen MR) is 301 cm³/mol. The number of aromatic amines is 1. The lowest BCUT2D eigenvalue weighted by Gasteiger charge is -2.11. The topological polar surface area (TPSA) is 258 Å². The molecule has 0 unspecified atom stereocenters. The summed E-state index contributed by atoms with van der Waals surface area (Å²) in [5.41, 5.74) is 13.8. The third-order valence-corrected chi connectivity index (χ3v) is 11.1. The first-order valence-corrected chi connectivity index (χ1v) is 30.6. The van der Waals surface area contributed by atoms with Crippen molar-refractivity contribution in [1.29, 1.82) is 10.5 Å². The van der Waals surface area contributed by atoms with Crippen molar-refractivity contribution in [3.8, 4) is 12.1 Å². The molecule has 1 amide bonds. The monoisotopic (exact) mass is 1240 g/mol. The molecule has 4 heterocycles. The minimum absolute atomic E-state index is 0.0311. The average molecular weight is 1250 g/mol. The molecule has 5 aromatic carbocycles. The Morgan fingerprint density at radius 1 is 0.737 bits per heavy atom. The van der Waals surface area contributed by atoms with Crippen LogP contribution in [0.15, 0.2) is 102 Å². The maximum absolute atomic E-state index is 12.9. The molecule has 0 saturated carbocycles. The maximum atomic E-state index is 12.9. The molecule has 0 bridgehead atoms. The van der Waals surface area contributed by atoms with Gasteiger partial charge in [-0.25, -0.2) is 43.9 Å². The second kappa shape index (κ2) is 35.1. The first kappa shape index (κ1) is 64.9. The molecular formula is C47H38AlCl8F2N11O5S2. The fourth-order valence-electron chi connectivity index (χ4n) is 6.01. The zero-order chi connectivity index (χ0) is 56.2.